The molecule has 0 saturated heterocycles. The standard InChI is InChI=1S/C17H13N5O3/c1-11-4-6-12(7-5-11)22-15-13(9-19-22)17(24)21(10-18-15)20-16(23)14-3-2-8-25-14/h2-10H,1H3,(H,20,23). The van der Waals surface area contributed by atoms with Gasteiger partial charge in [0.1, 0.15) is 11.7 Å². The number of carbonyl (C=O) groups is 1. The number of nitrogens with one attached hydrogen (secondary N) is 1. The fourth-order valence-electron chi connectivity index (χ4n) is 2.44. The molecule has 4 rings (SSSR count). The number of hydrogen-bond donors (Lipinski definition) is 1. The number of hydrogen-bond acceptors (Lipinski definition) is 5. The highest BCUT2D eigenvalue weighted by atomic mass is 16.3. The molecule has 0 aliphatic heterocycles. The van der Waals surface area contributed by atoms with Gasteiger partial charge in [0.05, 0.1) is 18.1 Å². The second-order valence-electron chi connectivity index (χ2n) is 5.47. The lowest BCUT2D eigenvalue weighted by Gasteiger charge is -2.07. The predicted octanol–water partition coefficient (Wildman–Crippen LogP) is 1.87. The van der Waals surface area contributed by atoms with Crippen molar-refractivity contribution in [3.05, 3.63) is 76.9 Å². The molecule has 4 aromatic rings. The van der Waals surface area contributed by atoms with Crippen LogP contribution >= 0.6 is 0 Å². The van der Waals surface area contributed by atoms with Gasteiger partial charge < -0.3 is 4.42 Å². The van der Waals surface area contributed by atoms with Crippen molar-refractivity contribution in [3.63, 3.8) is 0 Å². The van der Waals surface area contributed by atoms with E-state index in [-0.39, 0.29) is 5.76 Å². The molecule has 1 amide bonds. The summed E-state index contributed by atoms with van der Waals surface area (Å²) in [6.07, 6.45) is 4.06. The number of nitrogens with zero attached hydrogens (tertiary/aromatic N) is 4. The Kier molecular flexibility index (Phi) is 3.42. The van der Waals surface area contributed by atoms with E-state index in [4.69, 9.17) is 4.42 Å². The Labute approximate surface area is 141 Å². The monoisotopic (exact) mass is 335 g/mol. The molecule has 0 saturated carbocycles. The van der Waals surface area contributed by atoms with Gasteiger partial charge in [-0.3, -0.25) is 15.0 Å². The van der Waals surface area contributed by atoms with E-state index in [0.29, 0.717) is 11.0 Å². The highest BCUT2D eigenvalue weighted by Gasteiger charge is 2.14. The molecule has 3 heterocycles. The normalized spacial score (nSPS) is 10.9. The van der Waals surface area contributed by atoms with Crippen LogP contribution in [0.4, 0.5) is 0 Å². The van der Waals surface area contributed by atoms with Crippen LogP contribution in [0.1, 0.15) is 16.1 Å². The fourth-order valence-corrected chi connectivity index (χ4v) is 2.44. The van der Waals surface area contributed by atoms with E-state index in [1.807, 2.05) is 31.2 Å². The average molecular weight is 335 g/mol. The third-order valence-electron chi connectivity index (χ3n) is 3.73. The van der Waals surface area contributed by atoms with Gasteiger partial charge in [0, 0.05) is 0 Å². The Morgan fingerprint density at radius 1 is 1.20 bits per heavy atom. The summed E-state index contributed by atoms with van der Waals surface area (Å²) in [6, 6.07) is 10.8. The summed E-state index contributed by atoms with van der Waals surface area (Å²) < 4.78 is 7.59. The number of aromatic nitrogens is 4. The topological polar surface area (TPSA) is 95.0 Å². The van der Waals surface area contributed by atoms with Crippen LogP contribution in [0.5, 0.6) is 0 Å². The minimum Gasteiger partial charge on any atom is -0.459 e. The van der Waals surface area contributed by atoms with Crippen LogP contribution in [0.25, 0.3) is 16.7 Å². The van der Waals surface area contributed by atoms with Crippen molar-refractivity contribution in [2.75, 3.05) is 5.43 Å². The van der Waals surface area contributed by atoms with Crippen molar-refractivity contribution in [3.8, 4) is 5.69 Å². The molecule has 0 spiro atoms. The maximum Gasteiger partial charge on any atom is 0.305 e. The number of amides is 1. The van der Waals surface area contributed by atoms with E-state index >= 15 is 0 Å². The summed E-state index contributed by atoms with van der Waals surface area (Å²) in [5.74, 6) is -0.443. The van der Waals surface area contributed by atoms with Crippen LogP contribution in [0.3, 0.4) is 0 Å². The molecular formula is C17H13N5O3. The first-order chi connectivity index (χ1) is 12.1. The van der Waals surface area contributed by atoms with Gasteiger partial charge in [-0.1, -0.05) is 17.7 Å². The smallest absolute Gasteiger partial charge is 0.305 e. The molecule has 124 valence electrons. The zero-order chi connectivity index (χ0) is 17.4. The van der Waals surface area contributed by atoms with Crippen molar-refractivity contribution in [2.45, 2.75) is 6.92 Å². The summed E-state index contributed by atoms with van der Waals surface area (Å²) in [7, 11) is 0. The number of benzene rings is 1. The van der Waals surface area contributed by atoms with E-state index in [1.54, 1.807) is 10.7 Å². The molecule has 1 aromatic carbocycles. The zero-order valence-electron chi connectivity index (χ0n) is 13.2. The largest absolute Gasteiger partial charge is 0.459 e. The van der Waals surface area contributed by atoms with E-state index in [1.165, 1.54) is 24.9 Å². The lowest BCUT2D eigenvalue weighted by Crippen LogP contribution is -2.33. The molecule has 0 fully saturated rings. The lowest BCUT2D eigenvalue weighted by atomic mass is 10.2. The first kappa shape index (κ1) is 14.9. The maximum absolute atomic E-state index is 12.6. The average Bonchev–Trinajstić information content (AvgIpc) is 3.28. The predicted molar refractivity (Wildman–Crippen MR) is 90.3 cm³/mol. The highest BCUT2D eigenvalue weighted by molar-refractivity contribution is 5.97. The lowest BCUT2D eigenvalue weighted by molar-refractivity contribution is 0.0980. The Bertz CT molecular complexity index is 1110. The van der Waals surface area contributed by atoms with E-state index in [2.05, 4.69) is 15.5 Å². The van der Waals surface area contributed by atoms with Gasteiger partial charge in [-0.2, -0.15) is 5.10 Å². The summed E-state index contributed by atoms with van der Waals surface area (Å²) in [5, 5.41) is 4.53. The Balaban J connectivity index is 1.73. The van der Waals surface area contributed by atoms with Crippen molar-refractivity contribution in [2.24, 2.45) is 0 Å². The van der Waals surface area contributed by atoms with Crippen molar-refractivity contribution < 1.29 is 9.21 Å². The molecule has 0 radical (unpaired) electrons. The number of fused-ring (bicyclic) bond motifs is 1. The van der Waals surface area contributed by atoms with Gasteiger partial charge in [-0.15, -0.1) is 0 Å². The van der Waals surface area contributed by atoms with Crippen LogP contribution in [-0.4, -0.2) is 25.3 Å². The van der Waals surface area contributed by atoms with Gasteiger partial charge in [0.15, 0.2) is 11.4 Å². The van der Waals surface area contributed by atoms with Gasteiger partial charge in [-0.05, 0) is 31.2 Å². The molecular weight excluding hydrogens is 322 g/mol. The van der Waals surface area contributed by atoms with E-state index in [0.717, 1.165) is 15.9 Å². The number of furan rings is 1. The van der Waals surface area contributed by atoms with Gasteiger partial charge >= 0.3 is 5.91 Å². The third kappa shape index (κ3) is 2.59. The molecule has 0 bridgehead atoms. The van der Waals surface area contributed by atoms with Crippen molar-refractivity contribution in [1.29, 1.82) is 0 Å². The van der Waals surface area contributed by atoms with Crippen LogP contribution < -0.4 is 11.0 Å². The summed E-state index contributed by atoms with van der Waals surface area (Å²) >= 11 is 0. The first-order valence-corrected chi connectivity index (χ1v) is 7.51. The van der Waals surface area contributed by atoms with Crippen molar-refractivity contribution in [1.82, 2.24) is 19.4 Å². The Morgan fingerprint density at radius 3 is 2.72 bits per heavy atom. The van der Waals surface area contributed by atoms with Gasteiger partial charge in [-0.25, -0.2) is 14.3 Å². The Morgan fingerprint density at radius 2 is 2.00 bits per heavy atom. The summed E-state index contributed by atoms with van der Waals surface area (Å²) in [4.78, 5) is 28.8. The van der Waals surface area contributed by atoms with E-state index < -0.39 is 11.5 Å². The molecule has 0 unspecified atom stereocenters. The molecule has 8 nitrogen and oxygen atoms in total. The van der Waals surface area contributed by atoms with Crippen LogP contribution in [0.2, 0.25) is 0 Å². The zero-order valence-corrected chi connectivity index (χ0v) is 13.2. The molecule has 0 aliphatic carbocycles. The summed E-state index contributed by atoms with van der Waals surface area (Å²) in [5.41, 5.74) is 4.34. The molecule has 1 N–H and O–H groups in total. The fraction of sp³-hybridized carbons (Fsp3) is 0.0588. The molecule has 8 heteroatoms. The van der Waals surface area contributed by atoms with Crippen LogP contribution in [0.15, 0.2) is 64.4 Å². The van der Waals surface area contributed by atoms with Crippen LogP contribution in [0, 0.1) is 6.92 Å². The highest BCUT2D eigenvalue weighted by Crippen LogP contribution is 2.14. The van der Waals surface area contributed by atoms with Crippen LogP contribution in [-0.2, 0) is 0 Å². The minimum absolute atomic E-state index is 0.0994. The molecule has 25 heavy (non-hydrogen) atoms. The van der Waals surface area contributed by atoms with E-state index in [9.17, 15) is 9.59 Å². The number of carbonyl (C=O) groups excluding carboxylic acids is 1. The number of aryl methyl sites for hydroxylation is 1. The second-order valence-corrected chi connectivity index (χ2v) is 5.47. The first-order valence-electron chi connectivity index (χ1n) is 7.51. The SMILES string of the molecule is Cc1ccc(-n2ncc3c(=O)n(NC(=O)c4ccco4)cnc32)cc1. The third-order valence-corrected chi connectivity index (χ3v) is 3.73. The summed E-state index contributed by atoms with van der Waals surface area (Å²) in [6.45, 7) is 1.99. The molecule has 3 aromatic heterocycles. The minimum atomic E-state index is -0.542. The second kappa shape index (κ2) is 5.75. The molecule has 0 aliphatic rings. The van der Waals surface area contributed by atoms with Gasteiger partial charge in [0.25, 0.3) is 5.56 Å². The van der Waals surface area contributed by atoms with Gasteiger partial charge in [0.2, 0.25) is 0 Å². The quantitative estimate of drug-likeness (QED) is 0.617. The number of rotatable bonds is 3. The van der Waals surface area contributed by atoms with Crippen molar-refractivity contribution >= 4 is 16.9 Å². The molecule has 0 atom stereocenters. The maximum atomic E-state index is 12.6. The Hall–Kier alpha value is -3.68.